The highest BCUT2D eigenvalue weighted by atomic mass is 35.5. The van der Waals surface area contributed by atoms with E-state index >= 15 is 17.6 Å². The van der Waals surface area contributed by atoms with Gasteiger partial charge in [-0.15, -0.1) is 24.8 Å². The highest BCUT2D eigenvalue weighted by Crippen LogP contribution is 2.75. The minimum Gasteiger partial charge on any atom is -0.458 e. The van der Waals surface area contributed by atoms with Crippen LogP contribution in [0.25, 0.3) is 0 Å². The maximum atomic E-state index is 17.2. The first-order valence-electron chi connectivity index (χ1n) is 22.6. The Morgan fingerprint density at radius 2 is 1.09 bits per heavy atom. The molecule has 6 saturated carbocycles. The van der Waals surface area contributed by atoms with E-state index in [0.717, 1.165) is 0 Å². The smallest absolute Gasteiger partial charge is 0.303 e. The maximum Gasteiger partial charge on any atom is 0.303 e. The third-order valence-electron chi connectivity index (χ3n) is 19.7. The van der Waals surface area contributed by atoms with Crippen molar-refractivity contribution in [2.45, 2.75) is 109 Å². The van der Waals surface area contributed by atoms with Crippen LogP contribution in [0.5, 0.6) is 0 Å². The van der Waals surface area contributed by atoms with Gasteiger partial charge in [0.1, 0.15) is 19.0 Å². The Kier molecular flexibility index (Phi) is 12.4. The molecular weight excluding hydrogens is 895 g/mol. The lowest BCUT2D eigenvalue weighted by Crippen LogP contribution is -2.69. The second-order valence-electron chi connectivity index (χ2n) is 21.6. The van der Waals surface area contributed by atoms with Crippen LogP contribution in [0.4, 0.5) is 17.6 Å². The molecule has 0 aromatic heterocycles. The predicted molar refractivity (Wildman–Crippen MR) is 234 cm³/mol. The molecule has 5 N–H and O–H groups in total. The number of nitrogens with one attached hydrogen (secondary N) is 2. The Balaban J connectivity index is 0.000000189. The number of ether oxygens (including phenoxy) is 1. The van der Waals surface area contributed by atoms with Gasteiger partial charge in [-0.2, -0.15) is 0 Å². The SMILES string of the molecule is CC(=O)OCC(=O)[C@@]12CNC[C@@H]1C[C@H]1[C@@H]3C[C@H](F)C4=CC(=O)C=C[C@]4(C)[C@@]3(F)[C@@H](O)C[C@@]12C.C[C@]12C=CC(=O)C=C1[C@@H](F)C[C@H]1[C@@H]3C[C@H]4CNC[C@@]4(C(=O)CO)[C@@]3(C)C[C@H](O)[C@@]12F.Cl.Cl. The van der Waals surface area contributed by atoms with Gasteiger partial charge in [-0.3, -0.25) is 24.0 Å². The predicted octanol–water partition coefficient (Wildman–Crippen LogP) is 4.78. The molecule has 11 nitrogen and oxygen atoms in total. The van der Waals surface area contributed by atoms with E-state index in [1.807, 2.05) is 13.8 Å². The van der Waals surface area contributed by atoms with Crippen molar-refractivity contribution in [1.82, 2.24) is 10.6 Å². The number of esters is 1. The molecule has 8 fully saturated rings. The van der Waals surface area contributed by atoms with E-state index in [-0.39, 0.29) is 115 Å². The first-order valence-corrected chi connectivity index (χ1v) is 22.6. The molecule has 360 valence electrons. The molecule has 10 aliphatic rings. The number of halogens is 6. The fourth-order valence-electron chi connectivity index (χ4n) is 16.8. The summed E-state index contributed by atoms with van der Waals surface area (Å²) in [4.78, 5) is 61.7. The summed E-state index contributed by atoms with van der Waals surface area (Å²) in [6, 6.07) is 0. The van der Waals surface area contributed by atoms with Crippen molar-refractivity contribution in [1.29, 1.82) is 0 Å². The van der Waals surface area contributed by atoms with Gasteiger partial charge in [-0.05, 0) is 135 Å². The molecule has 0 aromatic carbocycles. The van der Waals surface area contributed by atoms with Gasteiger partial charge in [0.2, 0.25) is 0 Å². The molecule has 0 aromatic rings. The molecule has 65 heavy (non-hydrogen) atoms. The summed E-state index contributed by atoms with van der Waals surface area (Å²) in [5.41, 5.74) is -10.3. The summed E-state index contributed by atoms with van der Waals surface area (Å²) in [6.45, 7) is 9.19. The molecule has 2 aliphatic heterocycles. The van der Waals surface area contributed by atoms with Crippen LogP contribution in [-0.4, -0.2) is 120 Å². The van der Waals surface area contributed by atoms with Gasteiger partial charge in [0.15, 0.2) is 41.1 Å². The average Bonchev–Trinajstić information content (AvgIpc) is 3.97. The monoisotopic (exact) mass is 956 g/mol. The third kappa shape index (κ3) is 6.06. The normalized spacial score (nSPS) is 50.4. The van der Waals surface area contributed by atoms with E-state index < -0.39 is 92.8 Å². The number of ketones is 4. The van der Waals surface area contributed by atoms with Gasteiger partial charge >= 0.3 is 5.97 Å². The lowest BCUT2D eigenvalue weighted by Gasteiger charge is -2.63. The molecule has 2 heterocycles. The van der Waals surface area contributed by atoms with Gasteiger partial charge in [0.05, 0.1) is 23.0 Å². The Bertz CT molecular complexity index is 2190. The molecular formula is C48H62Cl2F4N2O9. The van der Waals surface area contributed by atoms with E-state index in [9.17, 15) is 39.3 Å². The largest absolute Gasteiger partial charge is 0.458 e. The summed E-state index contributed by atoms with van der Waals surface area (Å²) >= 11 is 0. The van der Waals surface area contributed by atoms with Crippen LogP contribution in [0, 0.1) is 68.0 Å². The molecule has 10 rings (SSSR count). The first kappa shape index (κ1) is 50.1. The van der Waals surface area contributed by atoms with Gasteiger partial charge in [-0.1, -0.05) is 26.0 Å². The molecule has 17 heteroatoms. The van der Waals surface area contributed by atoms with Crippen LogP contribution in [0.3, 0.4) is 0 Å². The first-order chi connectivity index (χ1) is 29.5. The zero-order chi connectivity index (χ0) is 45.7. The quantitative estimate of drug-likeness (QED) is 0.189. The lowest BCUT2D eigenvalue weighted by molar-refractivity contribution is -0.211. The van der Waals surface area contributed by atoms with E-state index in [1.54, 1.807) is 13.8 Å². The fraction of sp³-hybridized carbons (Fsp3) is 0.729. The number of aliphatic hydroxyl groups excluding tert-OH is 3. The molecule has 2 saturated heterocycles. The number of rotatable bonds is 5. The van der Waals surface area contributed by atoms with E-state index in [0.29, 0.717) is 39.0 Å². The standard InChI is InChI=1S/C25H31F2NO5.C23H29F2NO4.2ClH/c1-13(29)33-11-21(32)24-12-28-10-14(24)6-16-17-8-19(26)18-7-15(30)4-5-22(18,2)25(17,27)20(31)9-23(16,24)3;1-20-4-3-13(28)6-16(20)17(24)7-15-14-5-12-9-26-11-22(12,19(30)10-27)21(14,2)8-18(29)23(15,20)25;;/h4-5,7,14,16-17,19-20,28,31H,6,8-12H2,1-3H3;3-4,6,12,14-15,17-18,26-27,29H,5,7-11H2,1-2H3;2*1H/t14-,16-,17-,19-,20-,22-,23-,24+,25-;12-,14-,15-,17-,18-,20-,21-,22+,23-;;/m00../s1. The van der Waals surface area contributed by atoms with Crippen molar-refractivity contribution < 1.29 is 61.6 Å². The Hall–Kier alpha value is -2.79. The van der Waals surface area contributed by atoms with Crippen LogP contribution >= 0.6 is 24.8 Å². The Morgan fingerprint density at radius 1 is 0.692 bits per heavy atom. The number of hydrogen-bond donors (Lipinski definition) is 5. The number of Topliss-reactive ketones (excluding diaryl/α,β-unsaturated/α-hetero) is 2. The maximum absolute atomic E-state index is 17.2. The molecule has 0 radical (unpaired) electrons. The van der Waals surface area contributed by atoms with Gasteiger partial charge in [0, 0.05) is 42.7 Å². The highest BCUT2D eigenvalue weighted by molar-refractivity contribution is 6.02. The topological polar surface area (TPSA) is 179 Å². The molecule has 0 unspecified atom stereocenters. The Labute approximate surface area is 388 Å². The highest BCUT2D eigenvalue weighted by Gasteiger charge is 2.79. The van der Waals surface area contributed by atoms with Crippen LogP contribution in [0.15, 0.2) is 47.6 Å². The second kappa shape index (κ2) is 16.2. The minimum absolute atomic E-state index is 0. The van der Waals surface area contributed by atoms with Gasteiger partial charge < -0.3 is 30.7 Å². The van der Waals surface area contributed by atoms with Crippen LogP contribution in [0.1, 0.15) is 73.1 Å². The van der Waals surface area contributed by atoms with Crippen molar-refractivity contribution in [2.75, 3.05) is 39.4 Å². The molecule has 0 bridgehead atoms. The zero-order valence-electron chi connectivity index (χ0n) is 37.3. The summed E-state index contributed by atoms with van der Waals surface area (Å²) in [7, 11) is 0. The minimum atomic E-state index is -2.16. The average molecular weight is 958 g/mol. The lowest BCUT2D eigenvalue weighted by atomic mass is 9.43. The van der Waals surface area contributed by atoms with Crippen LogP contribution in [0.2, 0.25) is 0 Å². The van der Waals surface area contributed by atoms with Crippen LogP contribution in [-0.2, 0) is 28.7 Å². The fourth-order valence-corrected chi connectivity index (χ4v) is 16.8. The number of allylic oxidation sites excluding steroid dienone is 8. The summed E-state index contributed by atoms with van der Waals surface area (Å²) in [6.07, 6.45) is 2.87. The van der Waals surface area contributed by atoms with Crippen LogP contribution < -0.4 is 10.6 Å². The number of hydrogen-bond acceptors (Lipinski definition) is 11. The number of aliphatic hydroxyl groups is 3. The number of carbonyl (C=O) groups excluding carboxylic acids is 5. The summed E-state index contributed by atoms with van der Waals surface area (Å²) in [5.74, 6) is -4.20. The van der Waals surface area contributed by atoms with E-state index in [1.165, 1.54) is 43.4 Å². The van der Waals surface area contributed by atoms with E-state index in [2.05, 4.69) is 10.6 Å². The van der Waals surface area contributed by atoms with Crippen molar-refractivity contribution in [2.24, 2.45) is 68.0 Å². The molecule has 18 atom stereocenters. The molecule has 0 spiro atoms. The summed E-state index contributed by atoms with van der Waals surface area (Å²) < 4.78 is 70.2. The number of fused-ring (bicyclic) bond motifs is 14. The molecule has 0 amide bonds. The van der Waals surface area contributed by atoms with Crippen molar-refractivity contribution in [3.05, 3.63) is 47.6 Å². The number of alkyl halides is 4. The second-order valence-corrected chi connectivity index (χ2v) is 21.6. The number of carbonyl (C=O) groups is 5. The van der Waals surface area contributed by atoms with Gasteiger partial charge in [-0.25, -0.2) is 17.6 Å². The third-order valence-corrected chi connectivity index (χ3v) is 19.7. The molecule has 8 aliphatic carbocycles. The van der Waals surface area contributed by atoms with E-state index in [4.69, 9.17) is 4.74 Å². The van der Waals surface area contributed by atoms with Crippen molar-refractivity contribution in [3.63, 3.8) is 0 Å². The van der Waals surface area contributed by atoms with Gasteiger partial charge in [0.25, 0.3) is 0 Å². The Morgan fingerprint density at radius 3 is 1.48 bits per heavy atom. The zero-order valence-corrected chi connectivity index (χ0v) is 39.0. The van der Waals surface area contributed by atoms with Crippen molar-refractivity contribution in [3.8, 4) is 0 Å². The summed E-state index contributed by atoms with van der Waals surface area (Å²) in [5, 5.41) is 39.0. The van der Waals surface area contributed by atoms with Crippen molar-refractivity contribution >= 4 is 53.9 Å².